The Morgan fingerprint density at radius 1 is 1.48 bits per heavy atom. The van der Waals surface area contributed by atoms with E-state index in [0.717, 1.165) is 25.7 Å². The first-order valence-corrected chi connectivity index (χ1v) is 7.58. The zero-order valence-corrected chi connectivity index (χ0v) is 12.3. The van der Waals surface area contributed by atoms with Gasteiger partial charge in [-0.25, -0.2) is 4.98 Å². The number of aromatic nitrogens is 1. The maximum Gasteiger partial charge on any atom is 0.314 e. The first-order chi connectivity index (χ1) is 10.0. The first kappa shape index (κ1) is 14.3. The summed E-state index contributed by atoms with van der Waals surface area (Å²) >= 11 is 0. The van der Waals surface area contributed by atoms with Gasteiger partial charge in [0.15, 0.2) is 0 Å². The summed E-state index contributed by atoms with van der Waals surface area (Å²) in [5.74, 6) is 0.648. The topological polar surface area (TPSA) is 79.5 Å². The van der Waals surface area contributed by atoms with Crippen molar-refractivity contribution in [1.29, 1.82) is 0 Å². The van der Waals surface area contributed by atoms with Crippen LogP contribution in [0.25, 0.3) is 0 Å². The number of nitrogens with zero attached hydrogens (tertiary/aromatic N) is 3. The van der Waals surface area contributed by atoms with Gasteiger partial charge >= 0.3 is 5.69 Å². The molecule has 114 valence electrons. The van der Waals surface area contributed by atoms with E-state index in [-0.39, 0.29) is 16.5 Å². The second kappa shape index (κ2) is 5.26. The van der Waals surface area contributed by atoms with Crippen molar-refractivity contribution >= 4 is 11.5 Å². The van der Waals surface area contributed by atoms with Crippen molar-refractivity contribution in [2.24, 2.45) is 5.92 Å². The molecule has 3 rings (SSSR count). The van der Waals surface area contributed by atoms with Gasteiger partial charge < -0.3 is 10.0 Å². The van der Waals surface area contributed by atoms with Crippen molar-refractivity contribution in [2.75, 3.05) is 18.0 Å². The van der Waals surface area contributed by atoms with Crippen LogP contribution >= 0.6 is 0 Å². The van der Waals surface area contributed by atoms with Crippen LogP contribution in [0.15, 0.2) is 12.3 Å². The van der Waals surface area contributed by atoms with Gasteiger partial charge in [0.1, 0.15) is 0 Å². The van der Waals surface area contributed by atoms with E-state index in [4.69, 9.17) is 0 Å². The van der Waals surface area contributed by atoms with Crippen LogP contribution in [-0.2, 0) is 0 Å². The van der Waals surface area contributed by atoms with Crippen molar-refractivity contribution in [3.05, 3.63) is 27.9 Å². The van der Waals surface area contributed by atoms with E-state index < -0.39 is 5.60 Å². The highest BCUT2D eigenvalue weighted by Gasteiger charge is 2.44. The molecule has 0 bridgehead atoms. The van der Waals surface area contributed by atoms with Crippen molar-refractivity contribution in [1.82, 2.24) is 4.98 Å². The Labute approximate surface area is 123 Å². The number of aliphatic hydroxyl groups is 1. The number of hydrogen-bond donors (Lipinski definition) is 1. The Morgan fingerprint density at radius 2 is 2.29 bits per heavy atom. The summed E-state index contributed by atoms with van der Waals surface area (Å²) in [7, 11) is 0. The lowest BCUT2D eigenvalue weighted by Crippen LogP contribution is -2.53. The van der Waals surface area contributed by atoms with E-state index in [0.29, 0.717) is 30.9 Å². The highest BCUT2D eigenvalue weighted by atomic mass is 16.6. The number of rotatable bonds is 2. The highest BCUT2D eigenvalue weighted by Crippen LogP contribution is 2.42. The zero-order valence-electron chi connectivity index (χ0n) is 12.3. The van der Waals surface area contributed by atoms with Gasteiger partial charge in [-0.2, -0.15) is 0 Å². The van der Waals surface area contributed by atoms with E-state index in [1.165, 1.54) is 0 Å². The minimum Gasteiger partial charge on any atom is -0.389 e. The van der Waals surface area contributed by atoms with E-state index in [1.807, 2.05) is 4.90 Å². The molecule has 0 aromatic carbocycles. The Morgan fingerprint density at radius 3 is 3.05 bits per heavy atom. The third-order valence-corrected chi connectivity index (χ3v) is 5.02. The monoisotopic (exact) mass is 291 g/mol. The molecule has 0 radical (unpaired) electrons. The Bertz CT molecular complexity index is 563. The fourth-order valence-corrected chi connectivity index (χ4v) is 3.76. The van der Waals surface area contributed by atoms with Crippen LogP contribution in [0.2, 0.25) is 0 Å². The van der Waals surface area contributed by atoms with Gasteiger partial charge in [0.25, 0.3) is 0 Å². The second-order valence-corrected chi connectivity index (χ2v) is 6.30. The average molecular weight is 291 g/mol. The lowest BCUT2D eigenvalue weighted by atomic mass is 9.71. The number of anilines is 1. The van der Waals surface area contributed by atoms with Crippen molar-refractivity contribution < 1.29 is 10.0 Å². The molecule has 2 atom stereocenters. The van der Waals surface area contributed by atoms with Crippen molar-refractivity contribution in [3.63, 3.8) is 0 Å². The second-order valence-electron chi connectivity index (χ2n) is 6.30. The van der Waals surface area contributed by atoms with Crippen LogP contribution in [0.1, 0.15) is 37.7 Å². The van der Waals surface area contributed by atoms with Crippen LogP contribution in [0.5, 0.6) is 0 Å². The molecule has 2 aliphatic rings. The van der Waals surface area contributed by atoms with Gasteiger partial charge in [0.05, 0.1) is 10.5 Å². The van der Waals surface area contributed by atoms with E-state index in [2.05, 4.69) is 4.98 Å². The fraction of sp³-hybridized carbons (Fsp3) is 0.667. The summed E-state index contributed by atoms with van der Waals surface area (Å²) in [6, 6.07) is 1.67. The van der Waals surface area contributed by atoms with E-state index in [9.17, 15) is 15.2 Å². The number of piperidine rings is 1. The summed E-state index contributed by atoms with van der Waals surface area (Å²) in [5.41, 5.74) is 0.154. The summed E-state index contributed by atoms with van der Waals surface area (Å²) < 4.78 is 0. The van der Waals surface area contributed by atoms with E-state index in [1.54, 1.807) is 19.2 Å². The summed E-state index contributed by atoms with van der Waals surface area (Å²) in [6.45, 7) is 3.03. The molecule has 1 aromatic heterocycles. The average Bonchev–Trinajstić information content (AvgIpc) is 2.45. The molecule has 0 spiro atoms. The molecule has 2 heterocycles. The van der Waals surface area contributed by atoms with Crippen LogP contribution in [-0.4, -0.2) is 33.7 Å². The number of fused-ring (bicyclic) bond motifs is 1. The standard InChI is InChI=1S/C15H21N3O3/c1-11-5-8-16-14(13(11)18(20)21)17-9-7-15(19)6-3-2-4-12(15)10-17/h5,8,12,19H,2-4,6-7,9-10H2,1H3. The number of aryl methyl sites for hydroxylation is 1. The van der Waals surface area contributed by atoms with Gasteiger partial charge in [0, 0.05) is 30.8 Å². The van der Waals surface area contributed by atoms with E-state index >= 15 is 0 Å². The minimum absolute atomic E-state index is 0.0961. The molecule has 21 heavy (non-hydrogen) atoms. The molecule has 1 aromatic rings. The Balaban J connectivity index is 1.89. The predicted octanol–water partition coefficient (Wildman–Crippen LogP) is 2.43. The number of nitro groups is 1. The molecule has 2 unspecified atom stereocenters. The molecule has 0 amide bonds. The minimum atomic E-state index is -0.576. The maximum atomic E-state index is 11.3. The molecule has 1 aliphatic carbocycles. The lowest BCUT2D eigenvalue weighted by molar-refractivity contribution is -0.384. The molecule has 1 saturated carbocycles. The van der Waals surface area contributed by atoms with Gasteiger partial charge in [-0.1, -0.05) is 12.8 Å². The van der Waals surface area contributed by atoms with Gasteiger partial charge in [-0.15, -0.1) is 0 Å². The normalized spacial score (nSPS) is 29.0. The largest absolute Gasteiger partial charge is 0.389 e. The van der Waals surface area contributed by atoms with Crippen molar-refractivity contribution in [2.45, 2.75) is 44.6 Å². The first-order valence-electron chi connectivity index (χ1n) is 7.58. The summed E-state index contributed by atoms with van der Waals surface area (Å²) in [5, 5.41) is 22.0. The predicted molar refractivity (Wildman–Crippen MR) is 79.4 cm³/mol. The van der Waals surface area contributed by atoms with Gasteiger partial charge in [0.2, 0.25) is 5.82 Å². The maximum absolute atomic E-state index is 11.3. The molecular weight excluding hydrogens is 270 g/mol. The summed E-state index contributed by atoms with van der Waals surface area (Å²) in [6.07, 6.45) is 6.35. The van der Waals surface area contributed by atoms with Crippen LogP contribution < -0.4 is 4.90 Å². The van der Waals surface area contributed by atoms with Crippen LogP contribution in [0.3, 0.4) is 0 Å². The SMILES string of the molecule is Cc1ccnc(N2CCC3(O)CCCCC3C2)c1[N+](=O)[O-]. The number of hydrogen-bond acceptors (Lipinski definition) is 5. The van der Waals surface area contributed by atoms with Crippen LogP contribution in [0.4, 0.5) is 11.5 Å². The Kier molecular flexibility index (Phi) is 3.57. The van der Waals surface area contributed by atoms with Gasteiger partial charge in [-0.3, -0.25) is 10.1 Å². The molecule has 1 N–H and O–H groups in total. The molecule has 1 aliphatic heterocycles. The molecule has 2 fully saturated rings. The Hall–Kier alpha value is -1.69. The third kappa shape index (κ3) is 2.48. The molecule has 6 nitrogen and oxygen atoms in total. The highest BCUT2D eigenvalue weighted by molar-refractivity contribution is 5.61. The molecule has 1 saturated heterocycles. The third-order valence-electron chi connectivity index (χ3n) is 5.02. The van der Waals surface area contributed by atoms with Crippen LogP contribution in [0, 0.1) is 23.0 Å². The summed E-state index contributed by atoms with van der Waals surface area (Å²) in [4.78, 5) is 17.2. The van der Waals surface area contributed by atoms with Gasteiger partial charge in [-0.05, 0) is 32.3 Å². The lowest BCUT2D eigenvalue weighted by Gasteiger charge is -2.47. The quantitative estimate of drug-likeness (QED) is 0.668. The zero-order chi connectivity index (χ0) is 15.0. The molecule has 6 heteroatoms. The van der Waals surface area contributed by atoms with Crippen molar-refractivity contribution in [3.8, 4) is 0 Å². The number of pyridine rings is 1. The molecular formula is C15H21N3O3. The fourth-order valence-electron chi connectivity index (χ4n) is 3.76. The smallest absolute Gasteiger partial charge is 0.314 e.